The Morgan fingerprint density at radius 1 is 1.38 bits per heavy atom. The highest BCUT2D eigenvalue weighted by molar-refractivity contribution is 5.80. The number of amides is 1. The Morgan fingerprint density at radius 3 is 2.76 bits per heavy atom. The minimum atomic E-state index is -0.213. The van der Waals surface area contributed by atoms with Crippen molar-refractivity contribution in [1.29, 1.82) is 0 Å². The summed E-state index contributed by atoms with van der Waals surface area (Å²) in [4.78, 5) is 12.4. The molecule has 4 heteroatoms. The van der Waals surface area contributed by atoms with E-state index in [4.69, 9.17) is 5.73 Å². The summed E-state index contributed by atoms with van der Waals surface area (Å²) >= 11 is 0. The molecule has 21 heavy (non-hydrogen) atoms. The third-order valence-electron chi connectivity index (χ3n) is 5.16. The maximum Gasteiger partial charge on any atom is 0.225 e. The van der Waals surface area contributed by atoms with Crippen molar-refractivity contribution < 1.29 is 9.18 Å². The number of nitrogens with two attached hydrogens (primary N) is 1. The van der Waals surface area contributed by atoms with Crippen LogP contribution in [0.15, 0.2) is 24.3 Å². The zero-order chi connectivity index (χ0) is 15.0. The average Bonchev–Trinajstić information content (AvgIpc) is 3.01. The minimum absolute atomic E-state index is 0.00408. The van der Waals surface area contributed by atoms with Gasteiger partial charge >= 0.3 is 0 Å². The van der Waals surface area contributed by atoms with Gasteiger partial charge in [0.15, 0.2) is 0 Å². The molecule has 2 saturated carbocycles. The second-order valence-electron chi connectivity index (χ2n) is 6.64. The molecule has 1 aromatic carbocycles. The van der Waals surface area contributed by atoms with E-state index < -0.39 is 0 Å². The molecule has 1 aromatic rings. The molecule has 1 amide bonds. The van der Waals surface area contributed by atoms with Gasteiger partial charge in [0.2, 0.25) is 5.91 Å². The van der Waals surface area contributed by atoms with Crippen LogP contribution in [0.1, 0.15) is 31.7 Å². The molecule has 114 valence electrons. The van der Waals surface area contributed by atoms with Gasteiger partial charge in [-0.25, -0.2) is 4.39 Å². The predicted molar refractivity (Wildman–Crippen MR) is 80.0 cm³/mol. The number of nitrogens with one attached hydrogen (secondary N) is 1. The molecule has 0 saturated heterocycles. The lowest BCUT2D eigenvalue weighted by Gasteiger charge is -2.28. The van der Waals surface area contributed by atoms with Gasteiger partial charge in [-0.1, -0.05) is 18.2 Å². The van der Waals surface area contributed by atoms with Crippen LogP contribution < -0.4 is 11.1 Å². The first-order valence-electron chi connectivity index (χ1n) is 7.85. The Balaban J connectivity index is 1.59. The minimum Gasteiger partial charge on any atom is -0.353 e. The summed E-state index contributed by atoms with van der Waals surface area (Å²) in [5, 5.41) is 3.03. The summed E-state index contributed by atoms with van der Waals surface area (Å²) in [5.41, 5.74) is 6.84. The van der Waals surface area contributed by atoms with Gasteiger partial charge in [-0.3, -0.25) is 4.79 Å². The van der Waals surface area contributed by atoms with E-state index in [0.29, 0.717) is 23.8 Å². The van der Waals surface area contributed by atoms with E-state index in [1.54, 1.807) is 12.1 Å². The number of carbonyl (C=O) groups is 1. The molecule has 0 heterocycles. The molecular weight excluding hydrogens is 267 g/mol. The fourth-order valence-electron chi connectivity index (χ4n) is 4.11. The van der Waals surface area contributed by atoms with Gasteiger partial charge in [0, 0.05) is 12.1 Å². The van der Waals surface area contributed by atoms with Gasteiger partial charge < -0.3 is 11.1 Å². The number of fused-ring (bicyclic) bond motifs is 2. The first kappa shape index (κ1) is 14.5. The van der Waals surface area contributed by atoms with Crippen LogP contribution in [0.4, 0.5) is 4.39 Å². The van der Waals surface area contributed by atoms with Crippen molar-refractivity contribution in [3.05, 3.63) is 35.6 Å². The molecule has 2 bridgehead atoms. The fourth-order valence-corrected chi connectivity index (χ4v) is 4.11. The van der Waals surface area contributed by atoms with E-state index in [1.165, 1.54) is 12.5 Å². The summed E-state index contributed by atoms with van der Waals surface area (Å²) in [6.45, 7) is 1.92. The third-order valence-corrected chi connectivity index (χ3v) is 5.16. The van der Waals surface area contributed by atoms with E-state index in [9.17, 15) is 9.18 Å². The quantitative estimate of drug-likeness (QED) is 0.893. The normalized spacial score (nSPS) is 32.1. The zero-order valence-corrected chi connectivity index (χ0v) is 12.4. The van der Waals surface area contributed by atoms with Crippen molar-refractivity contribution in [2.75, 3.05) is 0 Å². The van der Waals surface area contributed by atoms with Crippen LogP contribution in [0.2, 0.25) is 0 Å². The standard InChI is InChI=1S/C17H23FN2O/c1-10(8-11-4-2-3-5-14(11)18)20-17(21)15-12-6-7-13(9-12)16(15)19/h2-5,10,12-13,15-16H,6-9,19H2,1H3,(H,20,21). The molecule has 2 fully saturated rings. The molecule has 3 nitrogen and oxygen atoms in total. The lowest BCUT2D eigenvalue weighted by Crippen LogP contribution is -2.47. The Kier molecular flexibility index (Phi) is 3.98. The van der Waals surface area contributed by atoms with E-state index in [0.717, 1.165) is 12.8 Å². The smallest absolute Gasteiger partial charge is 0.225 e. The molecule has 3 rings (SSSR count). The highest BCUT2D eigenvalue weighted by atomic mass is 19.1. The topological polar surface area (TPSA) is 55.1 Å². The molecule has 0 aromatic heterocycles. The van der Waals surface area contributed by atoms with Crippen LogP contribution in [0, 0.1) is 23.6 Å². The van der Waals surface area contributed by atoms with Gasteiger partial charge in [0.05, 0.1) is 5.92 Å². The lowest BCUT2D eigenvalue weighted by atomic mass is 9.84. The van der Waals surface area contributed by atoms with Crippen LogP contribution in [-0.4, -0.2) is 18.0 Å². The van der Waals surface area contributed by atoms with Gasteiger partial charge in [-0.2, -0.15) is 0 Å². The molecule has 2 aliphatic carbocycles. The maximum absolute atomic E-state index is 13.6. The molecule has 2 aliphatic rings. The maximum atomic E-state index is 13.6. The first-order chi connectivity index (χ1) is 10.1. The number of hydrogen-bond donors (Lipinski definition) is 2. The van der Waals surface area contributed by atoms with Crippen LogP contribution in [-0.2, 0) is 11.2 Å². The average molecular weight is 290 g/mol. The molecule has 5 unspecified atom stereocenters. The molecule has 0 spiro atoms. The van der Waals surface area contributed by atoms with Crippen LogP contribution in [0.25, 0.3) is 0 Å². The van der Waals surface area contributed by atoms with Crippen LogP contribution >= 0.6 is 0 Å². The zero-order valence-electron chi connectivity index (χ0n) is 12.4. The molecule has 0 radical (unpaired) electrons. The molecular formula is C17H23FN2O. The summed E-state index contributed by atoms with van der Waals surface area (Å²) < 4.78 is 13.6. The number of carbonyl (C=O) groups excluding carboxylic acids is 1. The van der Waals surface area contributed by atoms with E-state index in [2.05, 4.69) is 5.32 Å². The van der Waals surface area contributed by atoms with E-state index in [-0.39, 0.29) is 29.7 Å². The van der Waals surface area contributed by atoms with E-state index >= 15 is 0 Å². The summed E-state index contributed by atoms with van der Waals surface area (Å²) in [6.07, 6.45) is 3.90. The summed E-state index contributed by atoms with van der Waals surface area (Å²) in [7, 11) is 0. The van der Waals surface area contributed by atoms with Crippen molar-refractivity contribution >= 4 is 5.91 Å². The predicted octanol–water partition coefficient (Wildman–Crippen LogP) is 2.25. The highest BCUT2D eigenvalue weighted by Crippen LogP contribution is 2.47. The second-order valence-corrected chi connectivity index (χ2v) is 6.64. The van der Waals surface area contributed by atoms with Crippen molar-refractivity contribution in [2.45, 2.75) is 44.7 Å². The van der Waals surface area contributed by atoms with E-state index in [1.807, 2.05) is 13.0 Å². The van der Waals surface area contributed by atoms with Gasteiger partial charge in [-0.05, 0) is 56.1 Å². The van der Waals surface area contributed by atoms with Gasteiger partial charge in [-0.15, -0.1) is 0 Å². The van der Waals surface area contributed by atoms with Crippen molar-refractivity contribution in [3.8, 4) is 0 Å². The SMILES string of the molecule is CC(Cc1ccccc1F)NC(=O)C1C2CCC(C2)C1N. The Bertz CT molecular complexity index is 531. The number of rotatable bonds is 4. The Labute approximate surface area is 125 Å². The fraction of sp³-hybridized carbons (Fsp3) is 0.588. The van der Waals surface area contributed by atoms with Gasteiger partial charge in [0.1, 0.15) is 5.82 Å². The van der Waals surface area contributed by atoms with Gasteiger partial charge in [0.25, 0.3) is 0 Å². The third kappa shape index (κ3) is 2.82. The summed E-state index contributed by atoms with van der Waals surface area (Å²) in [6, 6.07) is 6.64. The highest BCUT2D eigenvalue weighted by Gasteiger charge is 2.49. The Morgan fingerprint density at radius 2 is 2.10 bits per heavy atom. The number of hydrogen-bond acceptors (Lipinski definition) is 2. The molecule has 5 atom stereocenters. The van der Waals surface area contributed by atoms with Crippen molar-refractivity contribution in [3.63, 3.8) is 0 Å². The largest absolute Gasteiger partial charge is 0.353 e. The monoisotopic (exact) mass is 290 g/mol. The second kappa shape index (κ2) is 5.76. The molecule has 3 N–H and O–H groups in total. The first-order valence-corrected chi connectivity index (χ1v) is 7.85. The van der Waals surface area contributed by atoms with Crippen LogP contribution in [0.5, 0.6) is 0 Å². The Hall–Kier alpha value is -1.42. The summed E-state index contributed by atoms with van der Waals surface area (Å²) in [5.74, 6) is 0.763. The molecule has 0 aliphatic heterocycles. The van der Waals surface area contributed by atoms with Crippen molar-refractivity contribution in [2.24, 2.45) is 23.5 Å². The number of benzene rings is 1. The number of halogens is 1. The van der Waals surface area contributed by atoms with Crippen molar-refractivity contribution in [1.82, 2.24) is 5.32 Å². The lowest BCUT2D eigenvalue weighted by molar-refractivity contribution is -0.127. The van der Waals surface area contributed by atoms with Crippen LogP contribution in [0.3, 0.4) is 0 Å².